The van der Waals surface area contributed by atoms with Crippen molar-refractivity contribution in [2.75, 3.05) is 0 Å². The number of benzene rings is 2. The summed E-state index contributed by atoms with van der Waals surface area (Å²) in [6, 6.07) is 12.3. The van der Waals surface area contributed by atoms with Gasteiger partial charge in [-0.2, -0.15) is 0 Å². The fourth-order valence-electron chi connectivity index (χ4n) is 1.78. The SMILES string of the molecule is O=[N+]([O-])c1cccc(CNCc2ccc(Br)c(Cl)c2)c1. The molecule has 0 atom stereocenters. The molecule has 6 heteroatoms. The summed E-state index contributed by atoms with van der Waals surface area (Å²) in [4.78, 5) is 10.3. The molecule has 0 saturated heterocycles. The maximum Gasteiger partial charge on any atom is 0.269 e. The zero-order valence-corrected chi connectivity index (χ0v) is 12.8. The largest absolute Gasteiger partial charge is 0.309 e. The van der Waals surface area contributed by atoms with Crippen LogP contribution in [0.5, 0.6) is 0 Å². The van der Waals surface area contributed by atoms with Gasteiger partial charge < -0.3 is 5.32 Å². The van der Waals surface area contributed by atoms with Gasteiger partial charge in [-0.15, -0.1) is 0 Å². The van der Waals surface area contributed by atoms with E-state index in [1.54, 1.807) is 12.1 Å². The number of halogens is 2. The van der Waals surface area contributed by atoms with Crippen LogP contribution in [-0.4, -0.2) is 4.92 Å². The van der Waals surface area contributed by atoms with Crippen molar-refractivity contribution in [2.45, 2.75) is 13.1 Å². The van der Waals surface area contributed by atoms with Crippen molar-refractivity contribution in [2.24, 2.45) is 0 Å². The number of hydrogen-bond acceptors (Lipinski definition) is 3. The van der Waals surface area contributed by atoms with E-state index in [1.807, 2.05) is 24.3 Å². The smallest absolute Gasteiger partial charge is 0.269 e. The van der Waals surface area contributed by atoms with E-state index in [0.29, 0.717) is 18.1 Å². The highest BCUT2D eigenvalue weighted by molar-refractivity contribution is 9.10. The van der Waals surface area contributed by atoms with Crippen LogP contribution in [0.1, 0.15) is 11.1 Å². The first-order valence-corrected chi connectivity index (χ1v) is 7.11. The first-order valence-electron chi connectivity index (χ1n) is 5.94. The predicted octanol–water partition coefficient (Wildman–Crippen LogP) is 4.30. The molecule has 104 valence electrons. The van der Waals surface area contributed by atoms with Crippen LogP contribution in [-0.2, 0) is 13.1 Å². The highest BCUT2D eigenvalue weighted by atomic mass is 79.9. The molecule has 2 aromatic rings. The van der Waals surface area contributed by atoms with E-state index in [-0.39, 0.29) is 5.69 Å². The van der Waals surface area contributed by atoms with Gasteiger partial charge in [0.05, 0.1) is 9.95 Å². The zero-order chi connectivity index (χ0) is 14.5. The zero-order valence-electron chi connectivity index (χ0n) is 10.5. The highest BCUT2D eigenvalue weighted by Crippen LogP contribution is 2.23. The maximum atomic E-state index is 10.7. The van der Waals surface area contributed by atoms with Gasteiger partial charge >= 0.3 is 0 Å². The lowest BCUT2D eigenvalue weighted by atomic mass is 10.2. The average Bonchev–Trinajstić information content (AvgIpc) is 2.43. The fraction of sp³-hybridized carbons (Fsp3) is 0.143. The molecular formula is C14H12BrClN2O2. The molecule has 0 bridgehead atoms. The van der Waals surface area contributed by atoms with Gasteiger partial charge in [0.25, 0.3) is 5.69 Å². The standard InChI is InChI=1S/C14H12BrClN2O2/c15-13-5-4-11(7-14(13)16)9-17-8-10-2-1-3-12(6-10)18(19)20/h1-7,17H,8-9H2. The summed E-state index contributed by atoms with van der Waals surface area (Å²) in [6.45, 7) is 1.21. The topological polar surface area (TPSA) is 55.2 Å². The minimum absolute atomic E-state index is 0.107. The Morgan fingerprint density at radius 1 is 1.15 bits per heavy atom. The molecule has 0 radical (unpaired) electrons. The lowest BCUT2D eigenvalue weighted by Crippen LogP contribution is -2.12. The maximum absolute atomic E-state index is 10.7. The van der Waals surface area contributed by atoms with Crippen molar-refractivity contribution < 1.29 is 4.92 Å². The summed E-state index contributed by atoms with van der Waals surface area (Å²) in [7, 11) is 0. The molecule has 0 aromatic heterocycles. The molecule has 0 amide bonds. The van der Waals surface area contributed by atoms with E-state index in [0.717, 1.165) is 15.6 Å². The Kier molecular flexibility index (Phi) is 5.11. The Labute approximate surface area is 130 Å². The second-order valence-electron chi connectivity index (χ2n) is 4.28. The normalized spacial score (nSPS) is 10.5. The summed E-state index contributed by atoms with van der Waals surface area (Å²) in [6.07, 6.45) is 0. The molecule has 0 heterocycles. The molecule has 0 aliphatic heterocycles. The molecule has 2 rings (SSSR count). The van der Waals surface area contributed by atoms with Gasteiger partial charge in [0.2, 0.25) is 0 Å². The number of rotatable bonds is 5. The van der Waals surface area contributed by atoms with Gasteiger partial charge in [-0.1, -0.05) is 29.8 Å². The molecular weight excluding hydrogens is 344 g/mol. The van der Waals surface area contributed by atoms with Crippen molar-refractivity contribution in [1.29, 1.82) is 0 Å². The number of nitro benzene ring substituents is 1. The van der Waals surface area contributed by atoms with Crippen LogP contribution < -0.4 is 5.32 Å². The third kappa shape index (κ3) is 4.03. The predicted molar refractivity (Wildman–Crippen MR) is 82.8 cm³/mol. The number of nitro groups is 1. The van der Waals surface area contributed by atoms with Gasteiger partial charge in [0, 0.05) is 29.7 Å². The summed E-state index contributed by atoms with van der Waals surface area (Å²) in [5, 5.41) is 14.6. The Hall–Kier alpha value is -1.43. The van der Waals surface area contributed by atoms with Crippen molar-refractivity contribution in [3.05, 3.63) is 73.2 Å². The van der Waals surface area contributed by atoms with E-state index in [2.05, 4.69) is 21.2 Å². The monoisotopic (exact) mass is 354 g/mol. The third-order valence-corrected chi connectivity index (χ3v) is 4.00. The number of non-ortho nitro benzene ring substituents is 1. The summed E-state index contributed by atoms with van der Waals surface area (Å²) >= 11 is 9.36. The number of nitrogens with one attached hydrogen (secondary N) is 1. The second kappa shape index (κ2) is 6.83. The molecule has 0 spiro atoms. The molecule has 0 fully saturated rings. The van der Waals surface area contributed by atoms with Crippen LogP contribution in [0.15, 0.2) is 46.9 Å². The Balaban J connectivity index is 1.94. The molecule has 2 aromatic carbocycles. The van der Waals surface area contributed by atoms with Crippen molar-refractivity contribution >= 4 is 33.2 Å². The van der Waals surface area contributed by atoms with Crippen molar-refractivity contribution in [3.63, 3.8) is 0 Å². The Morgan fingerprint density at radius 2 is 1.85 bits per heavy atom. The third-order valence-electron chi connectivity index (χ3n) is 2.76. The van der Waals surface area contributed by atoms with Gasteiger partial charge in [-0.05, 0) is 39.2 Å². The fourth-order valence-corrected chi connectivity index (χ4v) is 2.23. The minimum atomic E-state index is -0.391. The molecule has 1 N–H and O–H groups in total. The van der Waals surface area contributed by atoms with E-state index < -0.39 is 4.92 Å². The molecule has 0 unspecified atom stereocenters. The lowest BCUT2D eigenvalue weighted by molar-refractivity contribution is -0.384. The number of nitrogens with zero attached hydrogens (tertiary/aromatic N) is 1. The molecule has 0 aliphatic rings. The molecule has 0 saturated carbocycles. The Bertz CT molecular complexity index is 634. The van der Waals surface area contributed by atoms with Gasteiger partial charge in [-0.3, -0.25) is 10.1 Å². The highest BCUT2D eigenvalue weighted by Gasteiger charge is 2.05. The van der Waals surface area contributed by atoms with Crippen molar-refractivity contribution in [3.8, 4) is 0 Å². The van der Waals surface area contributed by atoms with Gasteiger partial charge in [-0.25, -0.2) is 0 Å². The van der Waals surface area contributed by atoms with Crippen LogP contribution in [0.3, 0.4) is 0 Å². The van der Waals surface area contributed by atoms with E-state index >= 15 is 0 Å². The van der Waals surface area contributed by atoms with Crippen LogP contribution in [0.25, 0.3) is 0 Å². The van der Waals surface area contributed by atoms with Gasteiger partial charge in [0.15, 0.2) is 0 Å². The second-order valence-corrected chi connectivity index (χ2v) is 5.54. The van der Waals surface area contributed by atoms with E-state index in [1.165, 1.54) is 6.07 Å². The summed E-state index contributed by atoms with van der Waals surface area (Å²) in [5.41, 5.74) is 2.04. The first-order chi connectivity index (χ1) is 9.56. The van der Waals surface area contributed by atoms with E-state index in [4.69, 9.17) is 11.6 Å². The average molecular weight is 356 g/mol. The quantitative estimate of drug-likeness (QED) is 0.642. The lowest BCUT2D eigenvalue weighted by Gasteiger charge is -2.06. The van der Waals surface area contributed by atoms with Crippen LogP contribution in [0, 0.1) is 10.1 Å². The molecule has 0 aliphatic carbocycles. The summed E-state index contributed by atoms with van der Waals surface area (Å²) < 4.78 is 0.863. The van der Waals surface area contributed by atoms with Crippen LogP contribution >= 0.6 is 27.5 Å². The minimum Gasteiger partial charge on any atom is -0.309 e. The van der Waals surface area contributed by atoms with Gasteiger partial charge in [0.1, 0.15) is 0 Å². The Morgan fingerprint density at radius 3 is 2.50 bits per heavy atom. The van der Waals surface area contributed by atoms with Crippen LogP contribution in [0.2, 0.25) is 5.02 Å². The summed E-state index contributed by atoms with van der Waals surface area (Å²) in [5.74, 6) is 0. The van der Waals surface area contributed by atoms with Crippen LogP contribution in [0.4, 0.5) is 5.69 Å². The molecule has 4 nitrogen and oxygen atoms in total. The van der Waals surface area contributed by atoms with Crippen molar-refractivity contribution in [1.82, 2.24) is 5.32 Å². The first kappa shape index (κ1) is 15.0. The number of hydrogen-bond donors (Lipinski definition) is 1. The van der Waals surface area contributed by atoms with E-state index in [9.17, 15) is 10.1 Å². The molecule has 20 heavy (non-hydrogen) atoms.